The van der Waals surface area contributed by atoms with Gasteiger partial charge in [0, 0.05) is 0 Å². The maximum absolute atomic E-state index is 2.35. The van der Waals surface area contributed by atoms with Gasteiger partial charge in [-0.05, 0) is 33.1 Å². The van der Waals surface area contributed by atoms with Gasteiger partial charge < -0.3 is 4.48 Å². The summed E-state index contributed by atoms with van der Waals surface area (Å²) < 4.78 is 1.36. The Morgan fingerprint density at radius 1 is 0.643 bits per heavy atom. The van der Waals surface area contributed by atoms with Gasteiger partial charge in [0.2, 0.25) is 0 Å². The van der Waals surface area contributed by atoms with Crippen LogP contribution < -0.4 is 0 Å². The summed E-state index contributed by atoms with van der Waals surface area (Å²) in [5, 5.41) is 0. The predicted molar refractivity (Wildman–Crippen MR) is 65.5 cm³/mol. The fourth-order valence-electron chi connectivity index (χ4n) is 2.16. The molecule has 86 valence electrons. The van der Waals surface area contributed by atoms with Crippen molar-refractivity contribution in [3.05, 3.63) is 0 Å². The number of hydrogen-bond acceptors (Lipinski definition) is 0. The highest BCUT2D eigenvalue weighted by Crippen LogP contribution is 2.12. The second kappa shape index (κ2) is 8.28. The van der Waals surface area contributed by atoms with E-state index in [1.165, 1.54) is 62.8 Å². The average molecular weight is 200 g/mol. The van der Waals surface area contributed by atoms with Gasteiger partial charge in [-0.3, -0.25) is 0 Å². The molecule has 0 saturated heterocycles. The van der Waals surface area contributed by atoms with Crippen LogP contribution in [0, 0.1) is 0 Å². The lowest BCUT2D eigenvalue weighted by molar-refractivity contribution is -0.925. The molecule has 0 unspecified atom stereocenters. The molecule has 0 aromatic carbocycles. The maximum atomic E-state index is 2.35. The quantitative estimate of drug-likeness (QED) is 0.392. The molecule has 0 aliphatic rings. The molecular weight excluding hydrogens is 170 g/mol. The van der Waals surface area contributed by atoms with Crippen molar-refractivity contribution < 1.29 is 4.48 Å². The predicted octanol–water partition coefficient (Wildman–Crippen LogP) is 3.83. The van der Waals surface area contributed by atoms with Crippen LogP contribution >= 0.6 is 0 Å². The molecule has 1 nitrogen and oxygen atoms in total. The second-order valence-corrected chi connectivity index (χ2v) is 4.48. The van der Waals surface area contributed by atoms with Crippen LogP contribution in [0.15, 0.2) is 0 Å². The molecule has 0 aromatic rings. The molecule has 0 heterocycles. The van der Waals surface area contributed by atoms with Crippen LogP contribution in [0.4, 0.5) is 0 Å². The summed E-state index contributed by atoms with van der Waals surface area (Å²) in [5.41, 5.74) is 0. The van der Waals surface area contributed by atoms with Gasteiger partial charge in [-0.15, -0.1) is 0 Å². The van der Waals surface area contributed by atoms with Crippen molar-refractivity contribution >= 4 is 0 Å². The molecule has 0 saturated carbocycles. The SMILES string of the molecule is CCCCC[N+](CC)(CC)CCCC. The van der Waals surface area contributed by atoms with Crippen LogP contribution in [-0.4, -0.2) is 30.7 Å². The highest BCUT2D eigenvalue weighted by atomic mass is 15.3. The van der Waals surface area contributed by atoms with E-state index in [1.807, 2.05) is 0 Å². The minimum atomic E-state index is 1.32. The highest BCUT2D eigenvalue weighted by Gasteiger charge is 2.21. The summed E-state index contributed by atoms with van der Waals surface area (Å²) in [5.74, 6) is 0. The first-order valence-corrected chi connectivity index (χ1v) is 6.59. The molecule has 14 heavy (non-hydrogen) atoms. The Hall–Kier alpha value is -0.0400. The van der Waals surface area contributed by atoms with Gasteiger partial charge in [-0.2, -0.15) is 0 Å². The first-order chi connectivity index (χ1) is 6.74. The molecule has 0 radical (unpaired) electrons. The second-order valence-electron chi connectivity index (χ2n) is 4.48. The van der Waals surface area contributed by atoms with E-state index in [2.05, 4.69) is 27.7 Å². The summed E-state index contributed by atoms with van der Waals surface area (Å²) in [4.78, 5) is 0. The minimum Gasteiger partial charge on any atom is -0.324 e. The Balaban J connectivity index is 3.94. The van der Waals surface area contributed by atoms with Crippen molar-refractivity contribution in [2.24, 2.45) is 0 Å². The third-order valence-electron chi connectivity index (χ3n) is 3.56. The number of unbranched alkanes of at least 4 members (excludes halogenated alkanes) is 3. The third-order valence-corrected chi connectivity index (χ3v) is 3.56. The monoisotopic (exact) mass is 200 g/mol. The van der Waals surface area contributed by atoms with Crippen LogP contribution in [0.5, 0.6) is 0 Å². The van der Waals surface area contributed by atoms with Gasteiger partial charge in [-0.25, -0.2) is 0 Å². The zero-order valence-electron chi connectivity index (χ0n) is 10.8. The van der Waals surface area contributed by atoms with Crippen molar-refractivity contribution in [3.63, 3.8) is 0 Å². The van der Waals surface area contributed by atoms with E-state index in [9.17, 15) is 0 Å². The zero-order chi connectivity index (χ0) is 10.9. The van der Waals surface area contributed by atoms with Crippen LogP contribution in [0.25, 0.3) is 0 Å². The molecule has 0 aromatic heterocycles. The minimum absolute atomic E-state index is 1.32. The smallest absolute Gasteiger partial charge is 0.0786 e. The van der Waals surface area contributed by atoms with E-state index in [1.54, 1.807) is 0 Å². The van der Waals surface area contributed by atoms with Crippen molar-refractivity contribution in [2.75, 3.05) is 26.2 Å². The van der Waals surface area contributed by atoms with Gasteiger partial charge in [0.05, 0.1) is 26.2 Å². The van der Waals surface area contributed by atoms with Crippen LogP contribution in [0.3, 0.4) is 0 Å². The molecule has 0 rings (SSSR count). The number of rotatable bonds is 9. The molecule has 0 bridgehead atoms. The lowest BCUT2D eigenvalue weighted by Gasteiger charge is -2.37. The maximum Gasteiger partial charge on any atom is 0.0786 e. The van der Waals surface area contributed by atoms with Crippen molar-refractivity contribution in [1.82, 2.24) is 0 Å². The summed E-state index contributed by atoms with van der Waals surface area (Å²) in [6.07, 6.45) is 6.91. The molecule has 0 amide bonds. The Labute approximate surface area is 91.1 Å². The number of nitrogens with zero attached hydrogens (tertiary/aromatic N) is 1. The van der Waals surface area contributed by atoms with E-state index in [-0.39, 0.29) is 0 Å². The van der Waals surface area contributed by atoms with Gasteiger partial charge in [-0.1, -0.05) is 26.7 Å². The molecule has 0 spiro atoms. The van der Waals surface area contributed by atoms with Gasteiger partial charge in [0.1, 0.15) is 0 Å². The van der Waals surface area contributed by atoms with Gasteiger partial charge >= 0.3 is 0 Å². The first-order valence-electron chi connectivity index (χ1n) is 6.59. The van der Waals surface area contributed by atoms with Crippen LogP contribution in [-0.2, 0) is 0 Å². The Kier molecular flexibility index (Phi) is 8.26. The first kappa shape index (κ1) is 14.0. The van der Waals surface area contributed by atoms with Crippen molar-refractivity contribution in [3.8, 4) is 0 Å². The van der Waals surface area contributed by atoms with Gasteiger partial charge in [0.25, 0.3) is 0 Å². The fourth-order valence-corrected chi connectivity index (χ4v) is 2.16. The topological polar surface area (TPSA) is 0 Å². The molecular formula is C13H30N+. The molecule has 0 N–H and O–H groups in total. The van der Waals surface area contributed by atoms with E-state index >= 15 is 0 Å². The molecule has 1 heteroatoms. The number of hydrogen-bond donors (Lipinski definition) is 0. The normalized spacial score (nSPS) is 12.0. The summed E-state index contributed by atoms with van der Waals surface area (Å²) in [7, 11) is 0. The van der Waals surface area contributed by atoms with Crippen molar-refractivity contribution in [2.45, 2.75) is 59.8 Å². The van der Waals surface area contributed by atoms with Crippen molar-refractivity contribution in [1.29, 1.82) is 0 Å². The van der Waals surface area contributed by atoms with E-state index < -0.39 is 0 Å². The summed E-state index contributed by atoms with van der Waals surface area (Å²) in [6, 6.07) is 0. The Bertz CT molecular complexity index is 116. The standard InChI is InChI=1S/C13H30N/c1-5-9-11-13-14(7-3,8-4)12-10-6-2/h5-13H2,1-4H3/q+1. The molecule has 0 aliphatic heterocycles. The van der Waals surface area contributed by atoms with E-state index in [0.717, 1.165) is 0 Å². The summed E-state index contributed by atoms with van der Waals surface area (Å²) in [6.45, 7) is 14.7. The largest absolute Gasteiger partial charge is 0.324 e. The highest BCUT2D eigenvalue weighted by molar-refractivity contribution is 4.44. The van der Waals surface area contributed by atoms with E-state index in [0.29, 0.717) is 0 Å². The molecule has 0 atom stereocenters. The average Bonchev–Trinajstić information content (AvgIpc) is 2.24. The van der Waals surface area contributed by atoms with Crippen LogP contribution in [0.2, 0.25) is 0 Å². The lowest BCUT2D eigenvalue weighted by atomic mass is 10.2. The zero-order valence-corrected chi connectivity index (χ0v) is 10.8. The lowest BCUT2D eigenvalue weighted by Crippen LogP contribution is -2.49. The Morgan fingerprint density at radius 3 is 1.57 bits per heavy atom. The number of quaternary nitrogens is 1. The third kappa shape index (κ3) is 4.99. The van der Waals surface area contributed by atoms with E-state index in [4.69, 9.17) is 0 Å². The molecule has 0 fully saturated rings. The molecule has 0 aliphatic carbocycles. The van der Waals surface area contributed by atoms with Gasteiger partial charge in [0.15, 0.2) is 0 Å². The Morgan fingerprint density at radius 2 is 1.14 bits per heavy atom. The van der Waals surface area contributed by atoms with Crippen LogP contribution in [0.1, 0.15) is 59.8 Å². The summed E-state index contributed by atoms with van der Waals surface area (Å²) >= 11 is 0. The fraction of sp³-hybridized carbons (Fsp3) is 1.00.